The first-order valence-corrected chi connectivity index (χ1v) is 5.26. The molecule has 0 aliphatic rings. The van der Waals surface area contributed by atoms with Crippen LogP contribution in [-0.2, 0) is 0 Å². The van der Waals surface area contributed by atoms with E-state index < -0.39 is 0 Å². The van der Waals surface area contributed by atoms with Gasteiger partial charge in [0.2, 0.25) is 0 Å². The zero-order valence-electron chi connectivity index (χ0n) is 8.41. The number of rotatable bonds is 1. The molecule has 0 saturated carbocycles. The van der Waals surface area contributed by atoms with Crippen LogP contribution < -0.4 is 4.74 Å². The highest BCUT2D eigenvalue weighted by Gasteiger charge is 2.11. The van der Waals surface area contributed by atoms with Gasteiger partial charge in [0.1, 0.15) is 11.3 Å². The molecule has 0 fully saturated rings. The molecule has 0 radical (unpaired) electrons. The largest absolute Gasteiger partial charge is 0.505 e. The van der Waals surface area contributed by atoms with E-state index in [-0.39, 0.29) is 5.75 Å². The molecule has 0 unspecified atom stereocenters. The summed E-state index contributed by atoms with van der Waals surface area (Å²) < 4.78 is 5.87. The Bertz CT molecular complexity index is 525. The van der Waals surface area contributed by atoms with Gasteiger partial charge < -0.3 is 9.84 Å². The number of methoxy groups -OCH3 is 1. The van der Waals surface area contributed by atoms with Crippen LogP contribution in [0.5, 0.6) is 11.5 Å². The molecule has 2 rings (SSSR count). The fraction of sp³-hybridized carbons (Fsp3) is 0.182. The quantitative estimate of drug-likeness (QED) is 0.864. The first kappa shape index (κ1) is 10.2. The molecule has 1 heterocycles. The zero-order chi connectivity index (χ0) is 11.0. The Hall–Kier alpha value is -1.29. The minimum absolute atomic E-state index is 0.177. The average Bonchev–Trinajstić information content (AvgIpc) is 2.25. The molecule has 0 bridgehead atoms. The number of hydrogen-bond donors (Lipinski definition) is 1. The Morgan fingerprint density at radius 1 is 1.40 bits per heavy atom. The lowest BCUT2D eigenvalue weighted by molar-refractivity contribution is 0.418. The van der Waals surface area contributed by atoms with Gasteiger partial charge in [-0.3, -0.25) is 0 Å². The molecule has 78 valence electrons. The van der Waals surface area contributed by atoms with E-state index in [9.17, 15) is 5.11 Å². The van der Waals surface area contributed by atoms with Crippen LogP contribution >= 0.6 is 15.9 Å². The van der Waals surface area contributed by atoms with E-state index >= 15 is 0 Å². The van der Waals surface area contributed by atoms with Gasteiger partial charge in [0.25, 0.3) is 0 Å². The molecule has 1 N–H and O–H groups in total. The Labute approximate surface area is 95.8 Å². The second kappa shape index (κ2) is 3.70. The first-order chi connectivity index (χ1) is 7.15. The van der Waals surface area contributed by atoms with Crippen LogP contribution in [0.1, 0.15) is 5.69 Å². The molecule has 0 aliphatic carbocycles. The number of hydrogen-bond acceptors (Lipinski definition) is 3. The van der Waals surface area contributed by atoms with Crippen LogP contribution in [0.15, 0.2) is 22.7 Å². The third kappa shape index (κ3) is 1.55. The smallest absolute Gasteiger partial charge is 0.151 e. The summed E-state index contributed by atoms with van der Waals surface area (Å²) in [5.41, 5.74) is 1.33. The molecule has 0 atom stereocenters. The van der Waals surface area contributed by atoms with Crippen LogP contribution in [0, 0.1) is 6.92 Å². The predicted octanol–water partition coefficient (Wildman–Crippen LogP) is 3.02. The number of aromatic hydroxyl groups is 1. The summed E-state index contributed by atoms with van der Waals surface area (Å²) in [6.45, 7) is 1.76. The topological polar surface area (TPSA) is 42.4 Å². The van der Waals surface area contributed by atoms with Gasteiger partial charge >= 0.3 is 0 Å². The summed E-state index contributed by atoms with van der Waals surface area (Å²) >= 11 is 3.35. The van der Waals surface area contributed by atoms with Gasteiger partial charge in [-0.2, -0.15) is 0 Å². The molecular weight excluding hydrogens is 258 g/mol. The van der Waals surface area contributed by atoms with Crippen molar-refractivity contribution in [3.63, 3.8) is 0 Å². The van der Waals surface area contributed by atoms with Crippen molar-refractivity contribution in [1.29, 1.82) is 0 Å². The second-order valence-electron chi connectivity index (χ2n) is 3.22. The van der Waals surface area contributed by atoms with Gasteiger partial charge in [-0.05, 0) is 28.9 Å². The van der Waals surface area contributed by atoms with E-state index in [1.807, 2.05) is 18.2 Å². The van der Waals surface area contributed by atoms with Crippen molar-refractivity contribution in [3.05, 3.63) is 28.4 Å². The summed E-state index contributed by atoms with van der Waals surface area (Å²) in [5, 5.41) is 10.6. The second-order valence-corrected chi connectivity index (χ2v) is 4.01. The number of benzene rings is 1. The number of aromatic nitrogens is 1. The van der Waals surface area contributed by atoms with Crippen LogP contribution in [0.3, 0.4) is 0 Å². The number of nitrogens with zero attached hydrogens (tertiary/aromatic N) is 1. The lowest BCUT2D eigenvalue weighted by Gasteiger charge is -2.08. The van der Waals surface area contributed by atoms with Crippen LogP contribution in [0.2, 0.25) is 0 Å². The Morgan fingerprint density at radius 2 is 2.13 bits per heavy atom. The SMILES string of the molecule is COc1cccc2c(Br)c(O)c(C)nc12. The van der Waals surface area contributed by atoms with E-state index in [2.05, 4.69) is 20.9 Å². The normalized spacial score (nSPS) is 10.6. The monoisotopic (exact) mass is 267 g/mol. The van der Waals surface area contributed by atoms with Crippen molar-refractivity contribution in [2.75, 3.05) is 7.11 Å². The van der Waals surface area contributed by atoms with Gasteiger partial charge in [0, 0.05) is 5.39 Å². The van der Waals surface area contributed by atoms with Crippen LogP contribution in [-0.4, -0.2) is 17.2 Å². The van der Waals surface area contributed by atoms with E-state index in [1.165, 1.54) is 0 Å². The standard InChI is InChI=1S/C11H10BrNO2/c1-6-11(14)9(12)7-4-3-5-8(15-2)10(7)13-6/h3-5,14H,1-2H3. The number of halogens is 1. The highest BCUT2D eigenvalue weighted by atomic mass is 79.9. The first-order valence-electron chi connectivity index (χ1n) is 4.47. The van der Waals surface area contributed by atoms with Gasteiger partial charge in [0.15, 0.2) is 5.75 Å². The third-order valence-corrected chi connectivity index (χ3v) is 3.09. The fourth-order valence-electron chi connectivity index (χ4n) is 1.49. The summed E-state index contributed by atoms with van der Waals surface area (Å²) in [4.78, 5) is 4.30. The number of aryl methyl sites for hydroxylation is 1. The maximum Gasteiger partial charge on any atom is 0.151 e. The van der Waals surface area contributed by atoms with Crippen molar-refractivity contribution >= 4 is 26.8 Å². The molecule has 0 aliphatic heterocycles. The number of para-hydroxylation sites is 1. The van der Waals surface area contributed by atoms with Crippen molar-refractivity contribution in [3.8, 4) is 11.5 Å². The van der Waals surface area contributed by atoms with Gasteiger partial charge in [-0.1, -0.05) is 12.1 Å². The van der Waals surface area contributed by atoms with E-state index in [0.717, 1.165) is 10.9 Å². The lowest BCUT2D eigenvalue weighted by atomic mass is 10.2. The van der Waals surface area contributed by atoms with Crippen molar-refractivity contribution < 1.29 is 9.84 Å². The molecule has 2 aromatic rings. The molecule has 1 aromatic heterocycles. The van der Waals surface area contributed by atoms with E-state index in [0.29, 0.717) is 15.9 Å². The molecule has 1 aromatic carbocycles. The van der Waals surface area contributed by atoms with Crippen LogP contribution in [0.4, 0.5) is 0 Å². The van der Waals surface area contributed by atoms with E-state index in [4.69, 9.17) is 4.74 Å². The fourth-order valence-corrected chi connectivity index (χ4v) is 2.09. The molecule has 0 amide bonds. The molecule has 15 heavy (non-hydrogen) atoms. The summed E-state index contributed by atoms with van der Waals surface area (Å²) in [5.74, 6) is 0.882. The Kier molecular flexibility index (Phi) is 2.52. The third-order valence-electron chi connectivity index (χ3n) is 2.29. The van der Waals surface area contributed by atoms with Gasteiger partial charge in [-0.15, -0.1) is 0 Å². The summed E-state index contributed by atoms with van der Waals surface area (Å²) in [6.07, 6.45) is 0. The van der Waals surface area contributed by atoms with Crippen LogP contribution in [0.25, 0.3) is 10.9 Å². The predicted molar refractivity (Wildman–Crippen MR) is 62.4 cm³/mol. The average molecular weight is 268 g/mol. The number of pyridine rings is 1. The minimum Gasteiger partial charge on any atom is -0.505 e. The van der Waals surface area contributed by atoms with E-state index in [1.54, 1.807) is 14.0 Å². The minimum atomic E-state index is 0.177. The molecule has 0 spiro atoms. The molecular formula is C11H10BrNO2. The molecule has 0 saturated heterocycles. The highest BCUT2D eigenvalue weighted by molar-refractivity contribution is 9.10. The number of ether oxygens (including phenoxy) is 1. The Balaban J connectivity index is 2.91. The number of fused-ring (bicyclic) bond motifs is 1. The maximum absolute atomic E-state index is 9.72. The molecule has 4 heteroatoms. The maximum atomic E-state index is 9.72. The lowest BCUT2D eigenvalue weighted by Crippen LogP contribution is -1.91. The molecule has 3 nitrogen and oxygen atoms in total. The van der Waals surface area contributed by atoms with Crippen molar-refractivity contribution in [2.45, 2.75) is 6.92 Å². The highest BCUT2D eigenvalue weighted by Crippen LogP contribution is 2.36. The van der Waals surface area contributed by atoms with Gasteiger partial charge in [0.05, 0.1) is 17.3 Å². The van der Waals surface area contributed by atoms with Crippen molar-refractivity contribution in [2.24, 2.45) is 0 Å². The summed E-state index contributed by atoms with van der Waals surface area (Å²) in [6, 6.07) is 5.59. The van der Waals surface area contributed by atoms with Gasteiger partial charge in [-0.25, -0.2) is 4.98 Å². The summed E-state index contributed by atoms with van der Waals surface area (Å²) in [7, 11) is 1.60. The zero-order valence-corrected chi connectivity index (χ0v) is 10.00. The van der Waals surface area contributed by atoms with Crippen molar-refractivity contribution in [1.82, 2.24) is 4.98 Å². The Morgan fingerprint density at radius 3 is 2.80 bits per heavy atom.